The summed E-state index contributed by atoms with van der Waals surface area (Å²) in [6.45, 7) is 0.483. The molecule has 180 valence electrons. The van der Waals surface area contributed by atoms with Crippen LogP contribution in [0.2, 0.25) is 0 Å². The van der Waals surface area contributed by atoms with Crippen LogP contribution in [0.3, 0.4) is 0 Å². The van der Waals surface area contributed by atoms with Gasteiger partial charge in [0.2, 0.25) is 0 Å². The molecule has 4 aromatic rings. The number of ether oxygens (including phenoxy) is 1. The average Bonchev–Trinajstić information content (AvgIpc) is 3.12. The van der Waals surface area contributed by atoms with Crippen LogP contribution in [-0.4, -0.2) is 16.0 Å². The summed E-state index contributed by atoms with van der Waals surface area (Å²) in [5.74, 6) is -0.0330. The van der Waals surface area contributed by atoms with Gasteiger partial charge in [-0.15, -0.1) is 0 Å². The molecule has 0 saturated carbocycles. The normalized spacial score (nSPS) is 14.8. The van der Waals surface area contributed by atoms with Gasteiger partial charge in [0, 0.05) is 0 Å². The summed E-state index contributed by atoms with van der Waals surface area (Å²) in [5, 5.41) is 1.79. The van der Waals surface area contributed by atoms with Gasteiger partial charge >= 0.3 is 0 Å². The van der Waals surface area contributed by atoms with Gasteiger partial charge in [0.25, 0.3) is 11.1 Å². The fraction of sp³-hybridized carbons (Fsp3) is 0.0714. The third-order valence-electron chi connectivity index (χ3n) is 5.70. The molecule has 36 heavy (non-hydrogen) atoms. The number of hydrogen-bond acceptors (Lipinski definition) is 4. The van der Waals surface area contributed by atoms with E-state index in [0.29, 0.717) is 19.6 Å². The molecule has 1 aliphatic heterocycles. The molecule has 0 N–H and O–H groups in total. The first-order valence-electron chi connectivity index (χ1n) is 11.0. The van der Waals surface area contributed by atoms with Crippen LogP contribution in [0.5, 0.6) is 5.75 Å². The predicted molar refractivity (Wildman–Crippen MR) is 148 cm³/mol. The fourth-order valence-corrected chi connectivity index (χ4v) is 6.21. The number of fused-ring (bicyclic) bond motifs is 1. The van der Waals surface area contributed by atoms with Crippen molar-refractivity contribution in [2.24, 2.45) is 0 Å². The minimum atomic E-state index is -0.318. The van der Waals surface area contributed by atoms with E-state index < -0.39 is 0 Å². The van der Waals surface area contributed by atoms with Gasteiger partial charge in [-0.3, -0.25) is 14.5 Å². The van der Waals surface area contributed by atoms with Gasteiger partial charge in [-0.05, 0) is 101 Å². The third-order valence-corrected chi connectivity index (χ3v) is 7.78. The molecule has 4 nitrogen and oxygen atoms in total. The molecular formula is C28H18Br2FNO3S. The zero-order valence-electron chi connectivity index (χ0n) is 18.7. The first-order valence-corrected chi connectivity index (χ1v) is 13.4. The highest BCUT2D eigenvalue weighted by atomic mass is 79.9. The molecule has 0 aromatic heterocycles. The van der Waals surface area contributed by atoms with Crippen molar-refractivity contribution < 1.29 is 18.7 Å². The highest BCUT2D eigenvalue weighted by Crippen LogP contribution is 2.38. The quantitative estimate of drug-likeness (QED) is 0.202. The second-order valence-corrected chi connectivity index (χ2v) is 10.8. The van der Waals surface area contributed by atoms with E-state index >= 15 is 0 Å². The minimum absolute atomic E-state index is 0.215. The maximum Gasteiger partial charge on any atom is 0.293 e. The molecular weight excluding hydrogens is 609 g/mol. The first kappa shape index (κ1) is 24.7. The van der Waals surface area contributed by atoms with Crippen molar-refractivity contribution in [2.45, 2.75) is 13.2 Å². The topological polar surface area (TPSA) is 46.6 Å². The van der Waals surface area contributed by atoms with E-state index in [0.717, 1.165) is 39.2 Å². The Morgan fingerprint density at radius 3 is 2.36 bits per heavy atom. The summed E-state index contributed by atoms with van der Waals surface area (Å²) < 4.78 is 20.4. The van der Waals surface area contributed by atoms with Gasteiger partial charge in [0.15, 0.2) is 0 Å². The summed E-state index contributed by atoms with van der Waals surface area (Å²) in [7, 11) is 0. The Morgan fingerprint density at radius 2 is 1.61 bits per heavy atom. The average molecular weight is 627 g/mol. The van der Waals surface area contributed by atoms with Gasteiger partial charge in [-0.1, -0.05) is 54.6 Å². The Balaban J connectivity index is 1.34. The number of nitrogens with zero attached hydrogens (tertiary/aromatic N) is 1. The van der Waals surface area contributed by atoms with Crippen molar-refractivity contribution in [3.63, 3.8) is 0 Å². The molecule has 1 fully saturated rings. The molecule has 0 radical (unpaired) electrons. The van der Waals surface area contributed by atoms with Gasteiger partial charge < -0.3 is 4.74 Å². The largest absolute Gasteiger partial charge is 0.487 e. The van der Waals surface area contributed by atoms with Crippen LogP contribution in [0.4, 0.5) is 9.18 Å². The Hall–Kier alpha value is -2.94. The number of carbonyl (C=O) groups excluding carboxylic acids is 2. The lowest BCUT2D eigenvalue weighted by molar-refractivity contribution is -0.123. The number of benzene rings is 4. The molecule has 8 heteroatoms. The molecule has 0 unspecified atom stereocenters. The Kier molecular flexibility index (Phi) is 7.27. The lowest BCUT2D eigenvalue weighted by Gasteiger charge is -2.14. The highest BCUT2D eigenvalue weighted by Gasteiger charge is 2.35. The molecule has 0 bridgehead atoms. The minimum Gasteiger partial charge on any atom is -0.487 e. The van der Waals surface area contributed by atoms with Crippen LogP contribution in [-0.2, 0) is 17.9 Å². The van der Waals surface area contributed by atoms with E-state index in [4.69, 9.17) is 4.74 Å². The maximum absolute atomic E-state index is 13.1. The Morgan fingerprint density at radius 1 is 0.917 bits per heavy atom. The van der Waals surface area contributed by atoms with Crippen molar-refractivity contribution >= 4 is 71.6 Å². The molecule has 0 atom stereocenters. The van der Waals surface area contributed by atoms with Gasteiger partial charge in [-0.2, -0.15) is 0 Å². The van der Waals surface area contributed by atoms with E-state index in [9.17, 15) is 14.0 Å². The lowest BCUT2D eigenvalue weighted by Crippen LogP contribution is -2.27. The lowest BCUT2D eigenvalue weighted by atomic mass is 10.0. The summed E-state index contributed by atoms with van der Waals surface area (Å²) in [6, 6.07) is 23.5. The number of hydrogen-bond donors (Lipinski definition) is 0. The van der Waals surface area contributed by atoms with Gasteiger partial charge in [-0.25, -0.2) is 4.39 Å². The monoisotopic (exact) mass is 625 g/mol. The molecule has 1 saturated heterocycles. The molecule has 4 aromatic carbocycles. The van der Waals surface area contributed by atoms with E-state index in [1.54, 1.807) is 18.2 Å². The number of rotatable bonds is 6. The molecule has 1 aliphatic rings. The second kappa shape index (κ2) is 10.6. The van der Waals surface area contributed by atoms with Crippen LogP contribution in [0.1, 0.15) is 16.7 Å². The summed E-state index contributed by atoms with van der Waals surface area (Å²) >= 11 is 7.98. The van der Waals surface area contributed by atoms with E-state index in [1.807, 2.05) is 54.6 Å². The SMILES string of the molecule is O=C1S/C(=C\c2cc(Br)c(OCc3ccc(F)cc3)c(Br)c2)C(=O)N1Cc1cccc2ccccc12. The Bertz CT molecular complexity index is 1490. The van der Waals surface area contributed by atoms with Gasteiger partial charge in [0.05, 0.1) is 20.4 Å². The number of thioether (sulfide) groups is 1. The van der Waals surface area contributed by atoms with Crippen LogP contribution in [0.15, 0.2) is 92.7 Å². The zero-order chi connectivity index (χ0) is 25.2. The highest BCUT2D eigenvalue weighted by molar-refractivity contribution is 9.11. The maximum atomic E-state index is 13.1. The van der Waals surface area contributed by atoms with Crippen LogP contribution >= 0.6 is 43.6 Å². The molecule has 0 aliphatic carbocycles. The predicted octanol–water partition coefficient (Wildman–Crippen LogP) is 8.32. The number of halogens is 3. The summed E-state index contributed by atoms with van der Waals surface area (Å²) in [5.41, 5.74) is 2.49. The van der Waals surface area contributed by atoms with Crippen molar-refractivity contribution in [3.8, 4) is 5.75 Å². The second-order valence-electron chi connectivity index (χ2n) is 8.13. The van der Waals surface area contributed by atoms with Crippen molar-refractivity contribution in [1.82, 2.24) is 4.90 Å². The molecule has 0 spiro atoms. The molecule has 5 rings (SSSR count). The van der Waals surface area contributed by atoms with Crippen molar-refractivity contribution in [1.29, 1.82) is 0 Å². The third kappa shape index (κ3) is 5.26. The van der Waals surface area contributed by atoms with E-state index in [1.165, 1.54) is 17.0 Å². The summed E-state index contributed by atoms with van der Waals surface area (Å²) in [6.07, 6.45) is 1.70. The number of imide groups is 1. The Labute approximate surface area is 228 Å². The standard InChI is InChI=1S/C28H18Br2FNO3S/c29-23-12-18(13-24(30)26(23)35-16-17-8-10-21(31)11-9-17)14-25-27(33)32(28(34)36-25)15-20-6-3-5-19-4-1-2-7-22(19)20/h1-14H,15-16H2/b25-14-. The number of carbonyl (C=O) groups is 2. The summed E-state index contributed by atoms with van der Waals surface area (Å²) in [4.78, 5) is 27.5. The van der Waals surface area contributed by atoms with Crippen LogP contribution < -0.4 is 4.74 Å². The van der Waals surface area contributed by atoms with E-state index in [-0.39, 0.29) is 30.1 Å². The molecule has 2 amide bonds. The van der Waals surface area contributed by atoms with E-state index in [2.05, 4.69) is 31.9 Å². The molecule has 1 heterocycles. The number of amides is 2. The smallest absolute Gasteiger partial charge is 0.293 e. The van der Waals surface area contributed by atoms with Crippen molar-refractivity contribution in [2.75, 3.05) is 0 Å². The van der Waals surface area contributed by atoms with Gasteiger partial charge in [0.1, 0.15) is 18.2 Å². The van der Waals surface area contributed by atoms with Crippen LogP contribution in [0.25, 0.3) is 16.8 Å². The first-order chi connectivity index (χ1) is 17.4. The van der Waals surface area contributed by atoms with Crippen molar-refractivity contribution in [3.05, 3.63) is 115 Å². The fourth-order valence-electron chi connectivity index (χ4n) is 3.93. The zero-order valence-corrected chi connectivity index (χ0v) is 22.7. The van der Waals surface area contributed by atoms with Crippen LogP contribution in [0, 0.1) is 5.82 Å².